The number of carbonyl (C=O) groups is 2. The average Bonchev–Trinajstić information content (AvgIpc) is 2.84. The summed E-state index contributed by atoms with van der Waals surface area (Å²) in [7, 11) is 0. The number of hydrogen-bond acceptors (Lipinski definition) is 3. The van der Waals surface area contributed by atoms with Gasteiger partial charge in [-0.05, 0) is 33.1 Å². The van der Waals surface area contributed by atoms with E-state index in [0.29, 0.717) is 25.3 Å². The molecule has 0 aromatic heterocycles. The Morgan fingerprint density at radius 1 is 1.30 bits per heavy atom. The summed E-state index contributed by atoms with van der Waals surface area (Å²) >= 11 is 0. The largest absolute Gasteiger partial charge is 0.378 e. The van der Waals surface area contributed by atoms with Gasteiger partial charge >= 0.3 is 0 Å². The predicted octanol–water partition coefficient (Wildman–Crippen LogP) is 1.32. The summed E-state index contributed by atoms with van der Waals surface area (Å²) in [5.41, 5.74) is -0.716. The molecule has 0 spiro atoms. The van der Waals surface area contributed by atoms with Gasteiger partial charge in [0, 0.05) is 19.1 Å². The monoisotopic (exact) mass is 282 g/mol. The van der Waals surface area contributed by atoms with E-state index in [9.17, 15) is 9.59 Å². The molecule has 2 amide bonds. The Hall–Kier alpha value is -1.10. The minimum Gasteiger partial charge on any atom is -0.378 e. The van der Waals surface area contributed by atoms with Crippen LogP contribution in [0.4, 0.5) is 0 Å². The van der Waals surface area contributed by atoms with Crippen LogP contribution in [0.25, 0.3) is 0 Å². The third-order valence-electron chi connectivity index (χ3n) is 5.05. The van der Waals surface area contributed by atoms with Crippen LogP contribution in [0, 0.1) is 5.92 Å². The highest BCUT2D eigenvalue weighted by molar-refractivity contribution is 5.99. The quantitative estimate of drug-likeness (QED) is 0.846. The lowest BCUT2D eigenvalue weighted by molar-refractivity contribution is -0.155. The van der Waals surface area contributed by atoms with E-state index in [-0.39, 0.29) is 24.0 Å². The van der Waals surface area contributed by atoms with Crippen LogP contribution in [0.5, 0.6) is 0 Å². The summed E-state index contributed by atoms with van der Waals surface area (Å²) in [6, 6.07) is -0.387. The fourth-order valence-electron chi connectivity index (χ4n) is 3.22. The summed E-state index contributed by atoms with van der Waals surface area (Å²) < 4.78 is 5.57. The molecule has 114 valence electrons. The van der Waals surface area contributed by atoms with E-state index >= 15 is 0 Å². The molecule has 0 aromatic rings. The number of nitrogens with one attached hydrogen (secondary N) is 1. The first-order valence-electron chi connectivity index (χ1n) is 7.70. The topological polar surface area (TPSA) is 58.6 Å². The molecular formula is C15H26N2O3. The van der Waals surface area contributed by atoms with Gasteiger partial charge in [0.25, 0.3) is 0 Å². The molecule has 2 fully saturated rings. The van der Waals surface area contributed by atoms with Gasteiger partial charge in [-0.15, -0.1) is 0 Å². The first-order chi connectivity index (χ1) is 9.45. The Labute approximate surface area is 121 Å². The average molecular weight is 282 g/mol. The Bertz CT molecular complexity index is 393. The summed E-state index contributed by atoms with van der Waals surface area (Å²) in [5.74, 6) is 0.354. The van der Waals surface area contributed by atoms with E-state index in [1.165, 1.54) is 0 Å². The van der Waals surface area contributed by atoms with E-state index in [1.54, 1.807) is 4.90 Å². The lowest BCUT2D eigenvalue weighted by Crippen LogP contribution is -2.69. The molecule has 0 bridgehead atoms. The smallest absolute Gasteiger partial charge is 0.248 e. The van der Waals surface area contributed by atoms with Gasteiger partial charge in [-0.2, -0.15) is 0 Å². The number of piperazine rings is 1. The summed E-state index contributed by atoms with van der Waals surface area (Å²) in [6.07, 6.45) is 2.39. The third-order valence-corrected chi connectivity index (χ3v) is 5.05. The molecule has 0 radical (unpaired) electrons. The summed E-state index contributed by atoms with van der Waals surface area (Å²) in [5, 5.41) is 2.93. The van der Waals surface area contributed by atoms with Crippen molar-refractivity contribution in [2.75, 3.05) is 13.2 Å². The van der Waals surface area contributed by atoms with Gasteiger partial charge in [0.15, 0.2) is 0 Å². The van der Waals surface area contributed by atoms with Crippen LogP contribution >= 0.6 is 0 Å². The van der Waals surface area contributed by atoms with Crippen LogP contribution in [0.3, 0.4) is 0 Å². The van der Waals surface area contributed by atoms with Crippen molar-refractivity contribution in [1.82, 2.24) is 10.2 Å². The van der Waals surface area contributed by atoms with Crippen LogP contribution < -0.4 is 5.32 Å². The molecule has 2 rings (SSSR count). The zero-order valence-corrected chi connectivity index (χ0v) is 12.9. The van der Waals surface area contributed by atoms with Crippen molar-refractivity contribution in [2.24, 2.45) is 5.92 Å². The van der Waals surface area contributed by atoms with E-state index in [4.69, 9.17) is 4.74 Å². The Morgan fingerprint density at radius 2 is 1.95 bits per heavy atom. The minimum absolute atomic E-state index is 0.0418. The molecule has 20 heavy (non-hydrogen) atoms. The second-order valence-corrected chi connectivity index (χ2v) is 6.04. The highest BCUT2D eigenvalue weighted by atomic mass is 16.5. The van der Waals surface area contributed by atoms with Crippen molar-refractivity contribution in [3.63, 3.8) is 0 Å². The Morgan fingerprint density at radius 3 is 2.45 bits per heavy atom. The molecule has 5 heteroatoms. The van der Waals surface area contributed by atoms with Gasteiger partial charge in [0.05, 0.1) is 6.10 Å². The SMILES string of the molecule is CCC1(CC)NC(=O)C(C)N(CC2CCOC2C)C1=O. The van der Waals surface area contributed by atoms with Crippen LogP contribution in [-0.4, -0.2) is 47.6 Å². The standard InChI is InChI=1S/C15H26N2O3/c1-5-15(6-2)14(19)17(10(3)13(18)16-15)9-12-7-8-20-11(12)4/h10-12H,5-9H2,1-4H3,(H,16,18). The molecule has 2 aliphatic heterocycles. The van der Waals surface area contributed by atoms with Crippen molar-refractivity contribution in [3.8, 4) is 0 Å². The fraction of sp³-hybridized carbons (Fsp3) is 0.867. The van der Waals surface area contributed by atoms with Crippen molar-refractivity contribution in [3.05, 3.63) is 0 Å². The molecule has 0 aromatic carbocycles. The van der Waals surface area contributed by atoms with Crippen LogP contribution in [0.15, 0.2) is 0 Å². The molecule has 1 N–H and O–H groups in total. The second-order valence-electron chi connectivity index (χ2n) is 6.04. The van der Waals surface area contributed by atoms with Crippen molar-refractivity contribution in [2.45, 2.75) is 64.6 Å². The normalized spacial score (nSPS) is 33.4. The maximum atomic E-state index is 12.8. The number of amides is 2. The molecule has 3 unspecified atom stereocenters. The number of rotatable bonds is 4. The second kappa shape index (κ2) is 5.72. The molecule has 0 saturated carbocycles. The van der Waals surface area contributed by atoms with Gasteiger partial charge in [0.2, 0.25) is 11.8 Å². The molecule has 3 atom stereocenters. The molecule has 0 aliphatic carbocycles. The number of hydrogen-bond donors (Lipinski definition) is 1. The van der Waals surface area contributed by atoms with Gasteiger partial charge < -0.3 is 15.0 Å². The first-order valence-corrected chi connectivity index (χ1v) is 7.70. The summed E-state index contributed by atoms with van der Waals surface area (Å²) in [6.45, 7) is 9.14. The lowest BCUT2D eigenvalue weighted by Gasteiger charge is -2.45. The Balaban J connectivity index is 2.20. The van der Waals surface area contributed by atoms with Crippen LogP contribution in [0.2, 0.25) is 0 Å². The molecular weight excluding hydrogens is 256 g/mol. The van der Waals surface area contributed by atoms with E-state index < -0.39 is 5.54 Å². The van der Waals surface area contributed by atoms with E-state index in [0.717, 1.165) is 13.0 Å². The van der Waals surface area contributed by atoms with Crippen LogP contribution in [-0.2, 0) is 14.3 Å². The number of ether oxygens (including phenoxy) is 1. The predicted molar refractivity (Wildman–Crippen MR) is 76.2 cm³/mol. The highest BCUT2D eigenvalue weighted by Crippen LogP contribution is 2.28. The third kappa shape index (κ3) is 2.43. The molecule has 2 heterocycles. The molecule has 5 nitrogen and oxygen atoms in total. The van der Waals surface area contributed by atoms with Gasteiger partial charge in [-0.1, -0.05) is 13.8 Å². The summed E-state index contributed by atoms with van der Waals surface area (Å²) in [4.78, 5) is 26.8. The van der Waals surface area contributed by atoms with E-state index in [2.05, 4.69) is 5.32 Å². The number of nitrogens with zero attached hydrogens (tertiary/aromatic N) is 1. The zero-order valence-electron chi connectivity index (χ0n) is 12.9. The lowest BCUT2D eigenvalue weighted by atomic mass is 9.86. The zero-order chi connectivity index (χ0) is 14.9. The Kier molecular flexibility index (Phi) is 4.37. The van der Waals surface area contributed by atoms with Gasteiger partial charge in [-0.25, -0.2) is 0 Å². The van der Waals surface area contributed by atoms with E-state index in [1.807, 2.05) is 27.7 Å². The van der Waals surface area contributed by atoms with Gasteiger partial charge in [-0.3, -0.25) is 9.59 Å². The number of carbonyl (C=O) groups excluding carboxylic acids is 2. The minimum atomic E-state index is -0.716. The van der Waals surface area contributed by atoms with Crippen molar-refractivity contribution >= 4 is 11.8 Å². The van der Waals surface area contributed by atoms with Crippen LogP contribution in [0.1, 0.15) is 47.0 Å². The highest BCUT2D eigenvalue weighted by Gasteiger charge is 2.48. The van der Waals surface area contributed by atoms with Crippen molar-refractivity contribution < 1.29 is 14.3 Å². The first kappa shape index (κ1) is 15.3. The van der Waals surface area contributed by atoms with Crippen molar-refractivity contribution in [1.29, 1.82) is 0 Å². The maximum absolute atomic E-state index is 12.8. The maximum Gasteiger partial charge on any atom is 0.248 e. The molecule has 2 aliphatic rings. The van der Waals surface area contributed by atoms with Gasteiger partial charge in [0.1, 0.15) is 11.6 Å². The fourth-order valence-corrected chi connectivity index (χ4v) is 3.22. The molecule has 2 saturated heterocycles.